The van der Waals surface area contributed by atoms with Crippen molar-refractivity contribution in [3.05, 3.63) is 29.8 Å². The Hall–Kier alpha value is -2.04. The zero-order chi connectivity index (χ0) is 15.0. The summed E-state index contributed by atoms with van der Waals surface area (Å²) in [5, 5.41) is 12.2. The normalized spacial score (nSPS) is 18.9. The standard InChI is InChI=1S/C16H20N2O3/c1-18(13-5-3-2-4-12(13)14(19)20)15(21)17-10-16(8-9-16)11-6-7-11/h2-5,11H,6-10H2,1H3,(H,17,21)(H,19,20). The number of nitrogens with one attached hydrogen (secondary N) is 1. The van der Waals surface area contributed by atoms with Gasteiger partial charge in [0.1, 0.15) is 0 Å². The average Bonchev–Trinajstić information content (AvgIpc) is 3.36. The Morgan fingerprint density at radius 1 is 1.33 bits per heavy atom. The number of nitrogens with zero attached hydrogens (tertiary/aromatic N) is 1. The van der Waals surface area contributed by atoms with Crippen LogP contribution in [-0.4, -0.2) is 30.7 Å². The van der Waals surface area contributed by atoms with Gasteiger partial charge in [-0.15, -0.1) is 0 Å². The Kier molecular flexibility index (Phi) is 3.35. The predicted octanol–water partition coefficient (Wildman–Crippen LogP) is 2.72. The van der Waals surface area contributed by atoms with Crippen molar-refractivity contribution in [2.75, 3.05) is 18.5 Å². The molecule has 2 fully saturated rings. The van der Waals surface area contributed by atoms with Crippen molar-refractivity contribution in [1.82, 2.24) is 5.32 Å². The highest BCUT2D eigenvalue weighted by Crippen LogP contribution is 2.60. The number of urea groups is 1. The average molecular weight is 288 g/mol. The van der Waals surface area contributed by atoms with Gasteiger partial charge in [0.05, 0.1) is 11.3 Å². The summed E-state index contributed by atoms with van der Waals surface area (Å²) in [7, 11) is 1.60. The van der Waals surface area contributed by atoms with Crippen molar-refractivity contribution >= 4 is 17.7 Å². The van der Waals surface area contributed by atoms with Crippen molar-refractivity contribution in [2.45, 2.75) is 25.7 Å². The second kappa shape index (κ2) is 5.06. The van der Waals surface area contributed by atoms with Gasteiger partial charge in [0.2, 0.25) is 0 Å². The van der Waals surface area contributed by atoms with Crippen molar-refractivity contribution < 1.29 is 14.7 Å². The van der Waals surface area contributed by atoms with Crippen LogP contribution in [0.25, 0.3) is 0 Å². The molecule has 2 saturated carbocycles. The molecule has 0 aliphatic heterocycles. The molecule has 0 bridgehead atoms. The number of para-hydroxylation sites is 1. The van der Waals surface area contributed by atoms with Crippen molar-refractivity contribution in [1.29, 1.82) is 0 Å². The van der Waals surface area contributed by atoms with Gasteiger partial charge in [-0.25, -0.2) is 9.59 Å². The lowest BCUT2D eigenvalue weighted by molar-refractivity contribution is 0.0697. The molecule has 0 aromatic heterocycles. The van der Waals surface area contributed by atoms with Crippen LogP contribution in [-0.2, 0) is 0 Å². The second-order valence-corrected chi connectivity index (χ2v) is 6.18. The summed E-state index contributed by atoms with van der Waals surface area (Å²) in [5.41, 5.74) is 0.889. The fourth-order valence-corrected chi connectivity index (χ4v) is 3.01. The number of aromatic carboxylic acids is 1. The molecule has 2 amide bonds. The van der Waals surface area contributed by atoms with Gasteiger partial charge < -0.3 is 10.4 Å². The third-order valence-corrected chi connectivity index (χ3v) is 4.73. The summed E-state index contributed by atoms with van der Waals surface area (Å²) in [6.45, 7) is 0.704. The molecule has 5 heteroatoms. The van der Waals surface area contributed by atoms with Gasteiger partial charge in [-0.05, 0) is 49.1 Å². The molecule has 2 N–H and O–H groups in total. The van der Waals surface area contributed by atoms with E-state index in [2.05, 4.69) is 5.32 Å². The number of carboxylic acids is 1. The summed E-state index contributed by atoms with van der Waals surface area (Å²) in [6.07, 6.45) is 4.97. The lowest BCUT2D eigenvalue weighted by Gasteiger charge is -2.22. The number of anilines is 1. The van der Waals surface area contributed by atoms with Gasteiger partial charge in [-0.1, -0.05) is 12.1 Å². The van der Waals surface area contributed by atoms with E-state index < -0.39 is 5.97 Å². The molecule has 0 heterocycles. The lowest BCUT2D eigenvalue weighted by Crippen LogP contribution is -2.41. The smallest absolute Gasteiger partial charge is 0.337 e. The van der Waals surface area contributed by atoms with E-state index in [1.807, 2.05) is 0 Å². The Balaban J connectivity index is 1.66. The quantitative estimate of drug-likeness (QED) is 0.875. The first-order valence-corrected chi connectivity index (χ1v) is 7.37. The fraction of sp³-hybridized carbons (Fsp3) is 0.500. The minimum absolute atomic E-state index is 0.137. The number of rotatable bonds is 5. The van der Waals surface area contributed by atoms with Crippen LogP contribution in [0.1, 0.15) is 36.0 Å². The first kappa shape index (κ1) is 13.9. The van der Waals surface area contributed by atoms with Gasteiger partial charge in [0, 0.05) is 13.6 Å². The van der Waals surface area contributed by atoms with Crippen molar-refractivity contribution in [3.63, 3.8) is 0 Å². The lowest BCUT2D eigenvalue weighted by atomic mass is 10.0. The maximum Gasteiger partial charge on any atom is 0.337 e. The fourth-order valence-electron chi connectivity index (χ4n) is 3.01. The topological polar surface area (TPSA) is 69.6 Å². The minimum Gasteiger partial charge on any atom is -0.478 e. The molecule has 1 aromatic carbocycles. The van der Waals surface area contributed by atoms with Crippen LogP contribution in [0.2, 0.25) is 0 Å². The molecule has 3 rings (SSSR count). The zero-order valence-corrected chi connectivity index (χ0v) is 12.1. The molecule has 2 aliphatic rings. The maximum absolute atomic E-state index is 12.3. The summed E-state index contributed by atoms with van der Waals surface area (Å²) >= 11 is 0. The molecular formula is C16H20N2O3. The monoisotopic (exact) mass is 288 g/mol. The van der Waals surface area contributed by atoms with Gasteiger partial charge in [0.15, 0.2) is 0 Å². The van der Waals surface area contributed by atoms with E-state index in [0.29, 0.717) is 17.6 Å². The minimum atomic E-state index is -1.03. The van der Waals surface area contributed by atoms with Gasteiger partial charge in [-0.2, -0.15) is 0 Å². The highest BCUT2D eigenvalue weighted by Gasteiger charge is 2.53. The largest absolute Gasteiger partial charge is 0.478 e. The molecule has 5 nitrogen and oxygen atoms in total. The Morgan fingerprint density at radius 2 is 2.00 bits per heavy atom. The Morgan fingerprint density at radius 3 is 2.57 bits per heavy atom. The van der Waals surface area contributed by atoms with Crippen LogP contribution in [0.3, 0.4) is 0 Å². The van der Waals surface area contributed by atoms with E-state index in [0.717, 1.165) is 5.92 Å². The highest BCUT2D eigenvalue weighted by atomic mass is 16.4. The first-order valence-electron chi connectivity index (χ1n) is 7.37. The number of hydrogen-bond acceptors (Lipinski definition) is 2. The van der Waals surface area contributed by atoms with Crippen LogP contribution in [0.15, 0.2) is 24.3 Å². The third-order valence-electron chi connectivity index (χ3n) is 4.73. The predicted molar refractivity (Wildman–Crippen MR) is 79.6 cm³/mol. The summed E-state index contributed by atoms with van der Waals surface area (Å²) < 4.78 is 0. The number of carboxylic acid groups (broad SMARTS) is 1. The van der Waals surface area contributed by atoms with Crippen molar-refractivity contribution in [3.8, 4) is 0 Å². The summed E-state index contributed by atoms with van der Waals surface area (Å²) in [6, 6.07) is 6.31. The van der Waals surface area contributed by atoms with Crippen molar-refractivity contribution in [2.24, 2.45) is 11.3 Å². The van der Waals surface area contributed by atoms with E-state index >= 15 is 0 Å². The Labute approximate surface area is 123 Å². The van der Waals surface area contributed by atoms with Crippen LogP contribution in [0.5, 0.6) is 0 Å². The molecule has 112 valence electrons. The molecule has 0 unspecified atom stereocenters. The molecule has 0 radical (unpaired) electrons. The van der Waals surface area contributed by atoms with Crippen LogP contribution < -0.4 is 10.2 Å². The van der Waals surface area contributed by atoms with Crippen LogP contribution >= 0.6 is 0 Å². The molecule has 0 atom stereocenters. The maximum atomic E-state index is 12.3. The van der Waals surface area contributed by atoms with Crippen LogP contribution in [0, 0.1) is 11.3 Å². The molecular weight excluding hydrogens is 268 g/mol. The number of hydrogen-bond donors (Lipinski definition) is 2. The second-order valence-electron chi connectivity index (χ2n) is 6.18. The third kappa shape index (κ3) is 2.73. The van der Waals surface area contributed by atoms with E-state index in [9.17, 15) is 14.7 Å². The van der Waals surface area contributed by atoms with Gasteiger partial charge in [0.25, 0.3) is 0 Å². The Bertz CT molecular complexity index is 577. The SMILES string of the molecule is CN(C(=O)NCC1(C2CC2)CC1)c1ccccc1C(=O)O. The van der Waals surface area contributed by atoms with E-state index in [4.69, 9.17) is 0 Å². The highest BCUT2D eigenvalue weighted by molar-refractivity contribution is 6.01. The van der Waals surface area contributed by atoms with E-state index in [-0.39, 0.29) is 11.6 Å². The van der Waals surface area contributed by atoms with Gasteiger partial charge >= 0.3 is 12.0 Å². The van der Waals surface area contributed by atoms with Gasteiger partial charge in [-0.3, -0.25) is 4.90 Å². The molecule has 21 heavy (non-hydrogen) atoms. The molecule has 0 saturated heterocycles. The summed E-state index contributed by atoms with van der Waals surface area (Å²) in [4.78, 5) is 24.9. The zero-order valence-electron chi connectivity index (χ0n) is 12.1. The number of carbonyl (C=O) groups is 2. The molecule has 2 aliphatic carbocycles. The van der Waals surface area contributed by atoms with E-state index in [1.165, 1.54) is 36.6 Å². The molecule has 1 aromatic rings. The first-order chi connectivity index (χ1) is 10.0. The number of carbonyl (C=O) groups excluding carboxylic acids is 1. The summed E-state index contributed by atoms with van der Waals surface area (Å²) in [5.74, 6) is -0.240. The molecule has 0 spiro atoms. The number of benzene rings is 1. The number of amides is 2. The van der Waals surface area contributed by atoms with E-state index in [1.54, 1.807) is 25.2 Å². The van der Waals surface area contributed by atoms with Crippen LogP contribution in [0.4, 0.5) is 10.5 Å².